The van der Waals surface area contributed by atoms with E-state index in [9.17, 15) is 18.0 Å². The number of likely N-dealkylation sites (tertiary alicyclic amines) is 1. The van der Waals surface area contributed by atoms with Crippen molar-refractivity contribution in [1.82, 2.24) is 4.90 Å². The zero-order valence-electron chi connectivity index (χ0n) is 11.9. The molecule has 1 heterocycles. The summed E-state index contributed by atoms with van der Waals surface area (Å²) in [6.45, 7) is 3.93. The minimum atomic E-state index is -4.48. The molecule has 0 spiro atoms. The van der Waals surface area contributed by atoms with E-state index in [0.717, 1.165) is 25.3 Å². The van der Waals surface area contributed by atoms with E-state index in [-0.39, 0.29) is 28.0 Å². The van der Waals surface area contributed by atoms with Gasteiger partial charge in [0.15, 0.2) is 0 Å². The summed E-state index contributed by atoms with van der Waals surface area (Å²) in [6, 6.07) is 3.85. The van der Waals surface area contributed by atoms with Crippen LogP contribution in [0, 0.1) is 0 Å². The lowest BCUT2D eigenvalue weighted by atomic mass is 10.1. The number of halogens is 4. The number of nitrogens with zero attached hydrogens (tertiary/aromatic N) is 1. The third kappa shape index (κ3) is 3.25. The molecule has 1 aromatic carbocycles. The van der Waals surface area contributed by atoms with E-state index in [2.05, 4.69) is 15.9 Å². The molecule has 6 heteroatoms. The number of carbonyl (C=O) groups is 1. The molecule has 0 N–H and O–H groups in total. The smallest absolute Gasteiger partial charge is 0.333 e. The van der Waals surface area contributed by atoms with Crippen LogP contribution in [0.3, 0.4) is 0 Å². The SMILES string of the molecule is CCC1CCC(C)N1C(=O)c1ccc(Br)c(C(F)(F)F)c1. The number of hydrogen-bond donors (Lipinski definition) is 0. The van der Waals surface area contributed by atoms with E-state index in [1.54, 1.807) is 4.90 Å². The van der Waals surface area contributed by atoms with Crippen LogP contribution in [0.1, 0.15) is 49.0 Å². The van der Waals surface area contributed by atoms with Gasteiger partial charge < -0.3 is 4.90 Å². The molecule has 0 radical (unpaired) electrons. The first-order valence-electron chi connectivity index (χ1n) is 6.95. The Bertz CT molecular complexity index is 544. The van der Waals surface area contributed by atoms with Gasteiger partial charge in [0.25, 0.3) is 5.91 Å². The molecule has 2 nitrogen and oxygen atoms in total. The van der Waals surface area contributed by atoms with Crippen molar-refractivity contribution in [3.8, 4) is 0 Å². The van der Waals surface area contributed by atoms with Gasteiger partial charge in [0, 0.05) is 22.1 Å². The second-order valence-corrected chi connectivity index (χ2v) is 6.25. The van der Waals surface area contributed by atoms with Gasteiger partial charge in [-0.2, -0.15) is 13.2 Å². The van der Waals surface area contributed by atoms with Crippen molar-refractivity contribution in [3.63, 3.8) is 0 Å². The molecule has 1 saturated heterocycles. The summed E-state index contributed by atoms with van der Waals surface area (Å²) in [4.78, 5) is 14.3. The van der Waals surface area contributed by atoms with Gasteiger partial charge in [0.05, 0.1) is 5.56 Å². The molecule has 2 atom stereocenters. The number of benzene rings is 1. The fourth-order valence-electron chi connectivity index (χ4n) is 2.86. The van der Waals surface area contributed by atoms with Gasteiger partial charge in [-0.05, 0) is 44.4 Å². The van der Waals surface area contributed by atoms with E-state index in [0.29, 0.717) is 0 Å². The van der Waals surface area contributed by atoms with Crippen LogP contribution in [0.2, 0.25) is 0 Å². The Labute approximate surface area is 130 Å². The maximum Gasteiger partial charge on any atom is 0.417 e. The first kappa shape index (κ1) is 16.3. The fraction of sp³-hybridized carbons (Fsp3) is 0.533. The predicted molar refractivity (Wildman–Crippen MR) is 78.1 cm³/mol. The van der Waals surface area contributed by atoms with Crippen LogP contribution in [0.15, 0.2) is 22.7 Å². The molecule has 1 aliphatic heterocycles. The highest BCUT2D eigenvalue weighted by molar-refractivity contribution is 9.10. The first-order valence-corrected chi connectivity index (χ1v) is 7.74. The van der Waals surface area contributed by atoms with Gasteiger partial charge in [-0.25, -0.2) is 0 Å². The molecule has 0 bridgehead atoms. The standard InChI is InChI=1S/C15H17BrF3NO/c1-3-11-6-4-9(2)20(11)14(21)10-5-7-13(16)12(8-10)15(17,18)19/h5,7-9,11H,3-4,6H2,1-2H3. The Hall–Kier alpha value is -1.04. The van der Waals surface area contributed by atoms with Crippen LogP contribution in [0.25, 0.3) is 0 Å². The molecule has 1 amide bonds. The van der Waals surface area contributed by atoms with Crippen LogP contribution in [0.5, 0.6) is 0 Å². The molecule has 1 aliphatic rings. The monoisotopic (exact) mass is 363 g/mol. The third-order valence-corrected chi connectivity index (χ3v) is 4.70. The fourth-order valence-corrected chi connectivity index (χ4v) is 3.33. The van der Waals surface area contributed by atoms with Gasteiger partial charge >= 0.3 is 6.18 Å². The quantitative estimate of drug-likeness (QED) is 0.733. The van der Waals surface area contributed by atoms with E-state index in [4.69, 9.17) is 0 Å². The minimum Gasteiger partial charge on any atom is -0.333 e. The van der Waals surface area contributed by atoms with Gasteiger partial charge in [-0.1, -0.05) is 22.9 Å². The van der Waals surface area contributed by atoms with Crippen LogP contribution in [0.4, 0.5) is 13.2 Å². The highest BCUT2D eigenvalue weighted by atomic mass is 79.9. The van der Waals surface area contributed by atoms with Crippen LogP contribution in [-0.2, 0) is 6.18 Å². The molecular weight excluding hydrogens is 347 g/mol. The van der Waals surface area contributed by atoms with Crippen molar-refractivity contribution in [2.75, 3.05) is 0 Å². The van der Waals surface area contributed by atoms with Crippen molar-refractivity contribution in [1.29, 1.82) is 0 Å². The highest BCUT2D eigenvalue weighted by Gasteiger charge is 2.36. The third-order valence-electron chi connectivity index (χ3n) is 4.01. The zero-order valence-corrected chi connectivity index (χ0v) is 13.5. The Morgan fingerprint density at radius 2 is 2.05 bits per heavy atom. The molecule has 116 valence electrons. The Balaban J connectivity index is 2.36. The predicted octanol–water partition coefficient (Wildman–Crippen LogP) is 4.87. The largest absolute Gasteiger partial charge is 0.417 e. The zero-order chi connectivity index (χ0) is 15.8. The van der Waals surface area contributed by atoms with Crippen LogP contribution < -0.4 is 0 Å². The Morgan fingerprint density at radius 1 is 1.38 bits per heavy atom. The number of alkyl halides is 3. The average molecular weight is 364 g/mol. The maximum atomic E-state index is 12.9. The van der Waals surface area contributed by atoms with Crippen molar-refractivity contribution in [3.05, 3.63) is 33.8 Å². The lowest BCUT2D eigenvalue weighted by molar-refractivity contribution is -0.138. The van der Waals surface area contributed by atoms with Crippen molar-refractivity contribution in [2.45, 2.75) is 51.4 Å². The lowest BCUT2D eigenvalue weighted by Gasteiger charge is -2.28. The van der Waals surface area contributed by atoms with Gasteiger partial charge in [0.1, 0.15) is 0 Å². The molecule has 0 saturated carbocycles. The number of rotatable bonds is 2. The Morgan fingerprint density at radius 3 is 2.62 bits per heavy atom. The summed E-state index contributed by atoms with van der Waals surface area (Å²) in [6.07, 6.45) is -1.85. The molecule has 0 aromatic heterocycles. The van der Waals surface area contributed by atoms with Crippen molar-refractivity contribution in [2.24, 2.45) is 0 Å². The topological polar surface area (TPSA) is 20.3 Å². The van der Waals surface area contributed by atoms with Crippen LogP contribution >= 0.6 is 15.9 Å². The van der Waals surface area contributed by atoms with Crippen molar-refractivity contribution < 1.29 is 18.0 Å². The Kier molecular flexibility index (Phi) is 4.66. The normalized spacial score (nSPS) is 22.7. The van der Waals surface area contributed by atoms with E-state index in [1.165, 1.54) is 12.1 Å². The number of amides is 1. The van der Waals surface area contributed by atoms with Gasteiger partial charge in [-0.3, -0.25) is 4.79 Å². The average Bonchev–Trinajstić information content (AvgIpc) is 2.78. The van der Waals surface area contributed by atoms with E-state index in [1.807, 2.05) is 13.8 Å². The molecule has 1 aromatic rings. The molecule has 2 rings (SSSR count). The summed E-state index contributed by atoms with van der Waals surface area (Å²) >= 11 is 2.89. The molecule has 2 unspecified atom stereocenters. The molecule has 21 heavy (non-hydrogen) atoms. The minimum absolute atomic E-state index is 0.0481. The number of carbonyl (C=O) groups excluding carboxylic acids is 1. The maximum absolute atomic E-state index is 12.9. The van der Waals surface area contributed by atoms with Crippen LogP contribution in [-0.4, -0.2) is 22.9 Å². The van der Waals surface area contributed by atoms with E-state index < -0.39 is 11.7 Å². The van der Waals surface area contributed by atoms with E-state index >= 15 is 0 Å². The second kappa shape index (κ2) is 5.99. The molecule has 0 aliphatic carbocycles. The summed E-state index contributed by atoms with van der Waals surface area (Å²) < 4.78 is 38.8. The summed E-state index contributed by atoms with van der Waals surface area (Å²) in [5, 5.41) is 0. The highest BCUT2D eigenvalue weighted by Crippen LogP contribution is 2.36. The summed E-state index contributed by atoms with van der Waals surface area (Å²) in [5.41, 5.74) is -0.717. The first-order chi connectivity index (χ1) is 9.75. The summed E-state index contributed by atoms with van der Waals surface area (Å²) in [7, 11) is 0. The molecule has 1 fully saturated rings. The van der Waals surface area contributed by atoms with Gasteiger partial charge in [-0.15, -0.1) is 0 Å². The number of hydrogen-bond acceptors (Lipinski definition) is 1. The summed E-state index contributed by atoms with van der Waals surface area (Å²) in [5.74, 6) is -0.315. The second-order valence-electron chi connectivity index (χ2n) is 5.39. The lowest BCUT2D eigenvalue weighted by Crippen LogP contribution is -2.39. The van der Waals surface area contributed by atoms with Gasteiger partial charge in [0.2, 0.25) is 0 Å². The van der Waals surface area contributed by atoms with Crippen molar-refractivity contribution >= 4 is 21.8 Å². The molecular formula is C15H17BrF3NO.